The Morgan fingerprint density at radius 1 is 1.10 bits per heavy atom. The van der Waals surface area contributed by atoms with Gasteiger partial charge in [-0.25, -0.2) is 4.98 Å². The molecule has 1 saturated heterocycles. The molecule has 41 heavy (non-hydrogen) atoms. The Balaban J connectivity index is 1.55. The highest BCUT2D eigenvalue weighted by Crippen LogP contribution is 2.45. The highest BCUT2D eigenvalue weighted by molar-refractivity contribution is 7.13. The first-order valence-corrected chi connectivity index (χ1v) is 15.0. The van der Waals surface area contributed by atoms with Gasteiger partial charge in [0.2, 0.25) is 17.7 Å². The summed E-state index contributed by atoms with van der Waals surface area (Å²) >= 11 is 1.58. The average Bonchev–Trinajstić information content (AvgIpc) is 3.43. The van der Waals surface area contributed by atoms with Crippen molar-refractivity contribution in [3.05, 3.63) is 41.0 Å². The average molecular weight is 580 g/mol. The molecule has 1 aromatic carbocycles. The van der Waals surface area contributed by atoms with Crippen molar-refractivity contribution in [1.29, 1.82) is 5.26 Å². The number of β-amino-alcohol motifs (C(OH)–C–C–N with tert-alkyl or cyclic N) is 1. The van der Waals surface area contributed by atoms with Gasteiger partial charge in [-0.1, -0.05) is 65.8 Å². The van der Waals surface area contributed by atoms with E-state index in [9.17, 15) is 24.8 Å². The minimum atomic E-state index is -1.08. The third-order valence-electron chi connectivity index (χ3n) is 8.06. The lowest BCUT2D eigenvalue weighted by molar-refractivity contribution is -0.144. The van der Waals surface area contributed by atoms with Gasteiger partial charge >= 0.3 is 0 Å². The summed E-state index contributed by atoms with van der Waals surface area (Å²) in [6, 6.07) is 7.93. The number of likely N-dealkylation sites (tertiary alicyclic amines) is 1. The number of aryl methyl sites for hydroxylation is 1. The van der Waals surface area contributed by atoms with E-state index in [1.54, 1.807) is 11.3 Å². The molecular weight excluding hydrogens is 538 g/mol. The minimum Gasteiger partial charge on any atom is -0.391 e. The van der Waals surface area contributed by atoms with Crippen molar-refractivity contribution in [2.45, 2.75) is 92.0 Å². The van der Waals surface area contributed by atoms with Crippen LogP contribution in [0.1, 0.15) is 78.1 Å². The van der Waals surface area contributed by atoms with E-state index in [0.717, 1.165) is 21.7 Å². The number of amides is 3. The van der Waals surface area contributed by atoms with Gasteiger partial charge in [0, 0.05) is 13.0 Å². The van der Waals surface area contributed by atoms with Crippen LogP contribution in [0, 0.1) is 34.5 Å². The topological polar surface area (TPSA) is 135 Å². The van der Waals surface area contributed by atoms with Gasteiger partial charge in [-0.15, -0.1) is 11.3 Å². The molecule has 0 bridgehead atoms. The number of hydrogen-bond donors (Lipinski definition) is 3. The predicted molar refractivity (Wildman–Crippen MR) is 157 cm³/mol. The van der Waals surface area contributed by atoms with Gasteiger partial charge in [-0.05, 0) is 41.7 Å². The number of thiazole rings is 1. The number of aliphatic hydroxyl groups excluding tert-OH is 1. The van der Waals surface area contributed by atoms with Gasteiger partial charge in [0.25, 0.3) is 0 Å². The van der Waals surface area contributed by atoms with Crippen LogP contribution in [0.2, 0.25) is 0 Å². The molecule has 2 aromatic rings. The van der Waals surface area contributed by atoms with Gasteiger partial charge < -0.3 is 20.6 Å². The zero-order chi connectivity index (χ0) is 30.3. The summed E-state index contributed by atoms with van der Waals surface area (Å²) in [5.41, 5.74) is 2.67. The highest BCUT2D eigenvalue weighted by Gasteiger charge is 2.53. The molecule has 3 N–H and O–H groups in total. The second kappa shape index (κ2) is 11.2. The second-order valence-electron chi connectivity index (χ2n) is 13.6. The molecule has 2 heterocycles. The maximum atomic E-state index is 13.9. The summed E-state index contributed by atoms with van der Waals surface area (Å²) in [5.74, 6) is -1.25. The van der Waals surface area contributed by atoms with Crippen molar-refractivity contribution in [2.75, 3.05) is 6.54 Å². The summed E-state index contributed by atoms with van der Waals surface area (Å²) in [5, 5.41) is 26.0. The summed E-state index contributed by atoms with van der Waals surface area (Å²) < 4.78 is 0. The Hall–Kier alpha value is -3.29. The minimum absolute atomic E-state index is 0.00809. The molecule has 10 heteroatoms. The highest BCUT2D eigenvalue weighted by atomic mass is 32.1. The fourth-order valence-electron chi connectivity index (χ4n) is 5.35. The SMILES string of the molecule is Cc1ncsc1-c1ccc(C(NC(=O)C2C[C@@H](O)CN2C(=O)[C@@H](NC(=O)C2(C#N)CC2)C(C)(C)C)C(C)(C)C)cc1. The largest absolute Gasteiger partial charge is 0.391 e. The van der Waals surface area contributed by atoms with E-state index in [1.807, 2.05) is 78.2 Å². The zero-order valence-corrected chi connectivity index (χ0v) is 25.8. The number of rotatable bonds is 7. The van der Waals surface area contributed by atoms with E-state index in [2.05, 4.69) is 21.7 Å². The zero-order valence-electron chi connectivity index (χ0n) is 24.9. The molecule has 4 rings (SSSR count). The Morgan fingerprint density at radius 3 is 2.22 bits per heavy atom. The normalized spacial score (nSPS) is 21.5. The second-order valence-corrected chi connectivity index (χ2v) is 14.4. The van der Waals surface area contributed by atoms with Crippen molar-refractivity contribution >= 4 is 29.1 Å². The standard InChI is InChI=1S/C31H41N5O4S/c1-18-23(41-17-33-18)19-8-10-20(11-9-19)24(29(2,3)4)34-26(38)22-14-21(37)15-36(22)27(39)25(30(5,6)7)35-28(40)31(16-32)12-13-31/h8-11,17,21-22,24-25,37H,12-15H2,1-7H3,(H,34,38)(H,35,40)/t21-,22?,24?,25-/m1/s1. The summed E-state index contributed by atoms with van der Waals surface area (Å²) in [4.78, 5) is 47.4. The number of aliphatic hydroxyl groups is 1. The van der Waals surface area contributed by atoms with E-state index in [4.69, 9.17) is 0 Å². The Morgan fingerprint density at radius 2 is 1.73 bits per heavy atom. The van der Waals surface area contributed by atoms with Crippen LogP contribution in [0.4, 0.5) is 0 Å². The fraction of sp³-hybridized carbons (Fsp3) is 0.581. The smallest absolute Gasteiger partial charge is 0.246 e. The van der Waals surface area contributed by atoms with Crippen molar-refractivity contribution in [2.24, 2.45) is 16.2 Å². The van der Waals surface area contributed by atoms with E-state index < -0.39 is 40.8 Å². The number of carbonyl (C=O) groups excluding carboxylic acids is 3. The van der Waals surface area contributed by atoms with E-state index in [-0.39, 0.29) is 30.3 Å². The van der Waals surface area contributed by atoms with Gasteiger partial charge in [0.1, 0.15) is 17.5 Å². The molecule has 2 unspecified atom stereocenters. The number of benzene rings is 1. The van der Waals surface area contributed by atoms with Crippen LogP contribution in [-0.2, 0) is 14.4 Å². The Labute approximate surface area is 246 Å². The van der Waals surface area contributed by atoms with Gasteiger partial charge in [-0.2, -0.15) is 5.26 Å². The van der Waals surface area contributed by atoms with Crippen molar-refractivity contribution in [3.63, 3.8) is 0 Å². The van der Waals surface area contributed by atoms with Crippen LogP contribution in [0.3, 0.4) is 0 Å². The number of nitrogens with zero attached hydrogens (tertiary/aromatic N) is 3. The Kier molecular flexibility index (Phi) is 8.36. The first-order chi connectivity index (χ1) is 19.1. The summed E-state index contributed by atoms with van der Waals surface area (Å²) in [6.07, 6.45) is 0.167. The molecule has 4 atom stereocenters. The molecule has 2 fully saturated rings. The van der Waals surface area contributed by atoms with E-state index in [0.29, 0.717) is 12.8 Å². The van der Waals surface area contributed by atoms with Gasteiger partial charge in [-0.3, -0.25) is 14.4 Å². The fourth-order valence-corrected chi connectivity index (χ4v) is 6.16. The maximum absolute atomic E-state index is 13.9. The van der Waals surface area contributed by atoms with Crippen LogP contribution in [0.5, 0.6) is 0 Å². The number of hydrogen-bond acceptors (Lipinski definition) is 7. The molecule has 0 spiro atoms. The third-order valence-corrected chi connectivity index (χ3v) is 9.03. The van der Waals surface area contributed by atoms with Crippen LogP contribution in [0.15, 0.2) is 29.8 Å². The monoisotopic (exact) mass is 579 g/mol. The van der Waals surface area contributed by atoms with E-state index in [1.165, 1.54) is 4.90 Å². The Bertz CT molecular complexity index is 1340. The summed E-state index contributed by atoms with van der Waals surface area (Å²) in [7, 11) is 0. The van der Waals surface area contributed by atoms with Crippen LogP contribution >= 0.6 is 11.3 Å². The lowest BCUT2D eigenvalue weighted by Crippen LogP contribution is -2.59. The molecular formula is C31H41N5O4S. The van der Waals surface area contributed by atoms with Crippen LogP contribution < -0.4 is 10.6 Å². The molecule has 1 saturated carbocycles. The molecule has 0 radical (unpaired) electrons. The number of carbonyl (C=O) groups is 3. The molecule has 1 aliphatic carbocycles. The molecule has 220 valence electrons. The van der Waals surface area contributed by atoms with Crippen LogP contribution in [-0.4, -0.2) is 57.4 Å². The van der Waals surface area contributed by atoms with Crippen molar-refractivity contribution < 1.29 is 19.5 Å². The molecule has 9 nitrogen and oxygen atoms in total. The van der Waals surface area contributed by atoms with Crippen molar-refractivity contribution in [1.82, 2.24) is 20.5 Å². The van der Waals surface area contributed by atoms with Crippen LogP contribution in [0.25, 0.3) is 10.4 Å². The van der Waals surface area contributed by atoms with E-state index >= 15 is 0 Å². The lowest BCUT2D eigenvalue weighted by atomic mass is 9.82. The number of nitrogens with one attached hydrogen (secondary N) is 2. The molecule has 1 aromatic heterocycles. The predicted octanol–water partition coefficient (Wildman–Crippen LogP) is 4.12. The molecule has 1 aliphatic heterocycles. The quantitative estimate of drug-likeness (QED) is 0.452. The first kappa shape index (κ1) is 30.7. The van der Waals surface area contributed by atoms with Crippen molar-refractivity contribution in [3.8, 4) is 16.5 Å². The summed E-state index contributed by atoms with van der Waals surface area (Å²) in [6.45, 7) is 13.6. The molecule has 2 aliphatic rings. The molecule has 3 amide bonds. The lowest BCUT2D eigenvalue weighted by Gasteiger charge is -2.37. The first-order valence-electron chi connectivity index (χ1n) is 14.1. The number of aromatic nitrogens is 1. The third kappa shape index (κ3) is 6.47. The van der Waals surface area contributed by atoms with Gasteiger partial charge in [0.15, 0.2) is 0 Å². The number of nitriles is 1. The maximum Gasteiger partial charge on any atom is 0.246 e. The van der Waals surface area contributed by atoms with Gasteiger partial charge in [0.05, 0.1) is 34.3 Å².